The maximum absolute atomic E-state index is 15.1. The summed E-state index contributed by atoms with van der Waals surface area (Å²) in [7, 11) is 3.36. The number of rotatable bonds is 16. The van der Waals surface area contributed by atoms with E-state index in [2.05, 4.69) is 54.2 Å². The van der Waals surface area contributed by atoms with Crippen LogP contribution in [0.4, 0.5) is 0 Å². The molecule has 1 aromatic heterocycles. The minimum Gasteiger partial charge on any atom is -0.347 e. The molecule has 392 valence electrons. The number of aryl methyl sites for hydroxylation is 2. The first-order valence-corrected chi connectivity index (χ1v) is 25.8. The van der Waals surface area contributed by atoms with E-state index in [9.17, 15) is 19.2 Å². The van der Waals surface area contributed by atoms with Gasteiger partial charge in [-0.25, -0.2) is 0 Å². The zero-order valence-electron chi connectivity index (χ0n) is 44.4. The molecule has 6 N–H and O–H groups in total. The number of amides is 6. The van der Waals surface area contributed by atoms with Crippen LogP contribution in [0.25, 0.3) is 0 Å². The summed E-state index contributed by atoms with van der Waals surface area (Å²) >= 11 is 0. The molecule has 7 rings (SSSR count). The van der Waals surface area contributed by atoms with Gasteiger partial charge >= 0.3 is 0 Å². The Morgan fingerprint density at radius 3 is 1.95 bits per heavy atom. The second kappa shape index (κ2) is 22.8. The van der Waals surface area contributed by atoms with Crippen molar-refractivity contribution in [2.75, 3.05) is 20.6 Å². The van der Waals surface area contributed by atoms with Crippen molar-refractivity contribution in [1.29, 1.82) is 0 Å². The van der Waals surface area contributed by atoms with Crippen molar-refractivity contribution in [3.8, 4) is 0 Å². The maximum Gasteiger partial charge on any atom is 0.246 e. The van der Waals surface area contributed by atoms with Gasteiger partial charge in [0.05, 0.1) is 24.2 Å². The fourth-order valence-corrected chi connectivity index (χ4v) is 10.3. The minimum absolute atomic E-state index is 0.0811. The Bertz CT molecular complexity index is 2640. The zero-order valence-corrected chi connectivity index (χ0v) is 44.4. The molecule has 2 aliphatic heterocycles. The van der Waals surface area contributed by atoms with Crippen molar-refractivity contribution in [3.05, 3.63) is 118 Å². The number of nitrogens with one attached hydrogen (secondary N) is 6. The Labute approximate surface area is 430 Å². The molecule has 1 saturated heterocycles. The summed E-state index contributed by atoms with van der Waals surface area (Å²) in [6.07, 6.45) is 3.46. The van der Waals surface area contributed by atoms with Gasteiger partial charge in [0.1, 0.15) is 24.2 Å². The standard InChI is InChI=1S/C56H76N10O7/c1-32(57-10)49(67)62-46(55(4,5)6)53(71)65-30-39-27-37(24-25-38(39)28-44(65)51(69)60-42-23-17-21-36-20-15-16-22-41(36)42)40-29-45(66(31-40)54(72)47(56(7,8)9)63-50(68)33(2)58-11)52(70)61-43(48-59-34(3)73-64-48)26-35-18-13-12-14-19-35/h12-16,18-20,22,24-25,27,32-33,40,42-47,57-58H,17,21,23,26,28-31H2,1-11H3,(H,60,69)(H,61,70)(H,62,67)(H,63,68)/t32-,33-,40-,42?,43-,44?,45-,46?,47+/m0/s1. The van der Waals surface area contributed by atoms with Gasteiger partial charge in [0, 0.05) is 38.8 Å². The number of benzene rings is 3. The molecule has 3 aliphatic rings. The van der Waals surface area contributed by atoms with E-state index in [1.54, 1.807) is 44.7 Å². The maximum atomic E-state index is 15.1. The molecule has 3 aromatic carbocycles. The van der Waals surface area contributed by atoms with Crippen LogP contribution in [0.5, 0.6) is 0 Å². The topological polar surface area (TPSA) is 220 Å². The number of hydrogen-bond acceptors (Lipinski definition) is 11. The molecule has 17 heteroatoms. The van der Waals surface area contributed by atoms with Gasteiger partial charge in [0.25, 0.3) is 0 Å². The predicted molar refractivity (Wildman–Crippen MR) is 277 cm³/mol. The largest absolute Gasteiger partial charge is 0.347 e. The molecule has 17 nitrogen and oxygen atoms in total. The molecule has 0 bridgehead atoms. The monoisotopic (exact) mass is 1000 g/mol. The van der Waals surface area contributed by atoms with Crippen molar-refractivity contribution in [1.82, 2.24) is 51.8 Å². The lowest BCUT2D eigenvalue weighted by Crippen LogP contribution is -2.62. The highest BCUT2D eigenvalue weighted by atomic mass is 16.5. The van der Waals surface area contributed by atoms with Crippen LogP contribution in [0.1, 0.15) is 138 Å². The smallest absolute Gasteiger partial charge is 0.246 e. The second-order valence-electron chi connectivity index (χ2n) is 22.4. The van der Waals surface area contributed by atoms with Crippen LogP contribution in [-0.2, 0) is 54.6 Å². The van der Waals surface area contributed by atoms with Crippen molar-refractivity contribution >= 4 is 35.4 Å². The molecule has 3 heterocycles. The molecule has 0 saturated carbocycles. The fourth-order valence-electron chi connectivity index (χ4n) is 10.3. The Kier molecular flexibility index (Phi) is 16.9. The van der Waals surface area contributed by atoms with Crippen LogP contribution in [0.3, 0.4) is 0 Å². The number of carbonyl (C=O) groups is 6. The first-order chi connectivity index (χ1) is 34.6. The highest BCUT2D eigenvalue weighted by molar-refractivity contribution is 5.95. The van der Waals surface area contributed by atoms with Gasteiger partial charge in [0.2, 0.25) is 41.3 Å². The third kappa shape index (κ3) is 12.7. The van der Waals surface area contributed by atoms with E-state index in [-0.39, 0.29) is 61.5 Å². The normalized spacial score (nSPS) is 20.9. The molecule has 0 spiro atoms. The summed E-state index contributed by atoms with van der Waals surface area (Å²) in [6, 6.07) is 18.0. The molecule has 9 atom stereocenters. The number of fused-ring (bicyclic) bond motifs is 2. The van der Waals surface area contributed by atoms with E-state index in [0.717, 1.165) is 47.1 Å². The Morgan fingerprint density at radius 1 is 0.726 bits per heavy atom. The number of nitrogens with zero attached hydrogens (tertiary/aromatic N) is 4. The van der Waals surface area contributed by atoms with Gasteiger partial charge < -0.3 is 46.2 Å². The molecule has 1 fully saturated rings. The number of hydrogen-bond donors (Lipinski definition) is 6. The van der Waals surface area contributed by atoms with Crippen molar-refractivity contribution in [2.45, 2.75) is 162 Å². The molecular formula is C56H76N10O7. The molecule has 3 unspecified atom stereocenters. The Morgan fingerprint density at radius 2 is 1.34 bits per heavy atom. The minimum atomic E-state index is -0.981. The van der Waals surface area contributed by atoms with E-state index in [1.165, 1.54) is 5.56 Å². The van der Waals surface area contributed by atoms with Crippen molar-refractivity contribution in [3.63, 3.8) is 0 Å². The average molecular weight is 1000 g/mol. The van der Waals surface area contributed by atoms with Gasteiger partial charge in [0.15, 0.2) is 5.82 Å². The van der Waals surface area contributed by atoms with Crippen molar-refractivity contribution in [2.24, 2.45) is 10.8 Å². The fraction of sp³-hybridized carbons (Fsp3) is 0.536. The third-order valence-electron chi connectivity index (χ3n) is 14.9. The third-order valence-corrected chi connectivity index (χ3v) is 14.9. The molecular weight excluding hydrogens is 925 g/mol. The molecule has 1 aliphatic carbocycles. The summed E-state index contributed by atoms with van der Waals surface area (Å²) in [5.74, 6) is -1.83. The highest BCUT2D eigenvalue weighted by Gasteiger charge is 2.47. The first kappa shape index (κ1) is 54.3. The van der Waals surface area contributed by atoms with E-state index in [0.29, 0.717) is 18.1 Å². The predicted octanol–water partition coefficient (Wildman–Crippen LogP) is 4.89. The summed E-state index contributed by atoms with van der Waals surface area (Å²) in [6.45, 7) is 16.7. The highest BCUT2D eigenvalue weighted by Crippen LogP contribution is 2.38. The summed E-state index contributed by atoms with van der Waals surface area (Å²) in [5.41, 5.74) is 4.32. The molecule has 4 aromatic rings. The lowest BCUT2D eigenvalue weighted by molar-refractivity contribution is -0.147. The van der Waals surface area contributed by atoms with Crippen molar-refractivity contribution < 1.29 is 33.3 Å². The van der Waals surface area contributed by atoms with Crippen LogP contribution < -0.4 is 31.9 Å². The lowest BCUT2D eigenvalue weighted by atomic mass is 9.83. The van der Waals surface area contributed by atoms with Crippen LogP contribution in [0, 0.1) is 17.8 Å². The van der Waals surface area contributed by atoms with Gasteiger partial charge in [-0.3, -0.25) is 28.8 Å². The first-order valence-electron chi connectivity index (χ1n) is 25.8. The van der Waals surface area contributed by atoms with Gasteiger partial charge in [-0.1, -0.05) is 119 Å². The van der Waals surface area contributed by atoms with Gasteiger partial charge in [-0.15, -0.1) is 0 Å². The average Bonchev–Trinajstić information content (AvgIpc) is 4.02. The van der Waals surface area contributed by atoms with Crippen LogP contribution >= 0.6 is 0 Å². The van der Waals surface area contributed by atoms with E-state index >= 15 is 9.59 Å². The van der Waals surface area contributed by atoms with Gasteiger partial charge in [-0.05, 0) is 97.8 Å². The summed E-state index contributed by atoms with van der Waals surface area (Å²) in [5, 5.41) is 22.6. The Hall–Kier alpha value is -6.46. The van der Waals surface area contributed by atoms with Crippen LogP contribution in [0.15, 0.2) is 77.3 Å². The molecule has 0 radical (unpaired) electrons. The second-order valence-corrected chi connectivity index (χ2v) is 22.4. The van der Waals surface area contributed by atoms with E-state index < -0.39 is 64.9 Å². The summed E-state index contributed by atoms with van der Waals surface area (Å²) < 4.78 is 5.36. The molecule has 73 heavy (non-hydrogen) atoms. The lowest BCUT2D eigenvalue weighted by Gasteiger charge is -2.42. The van der Waals surface area contributed by atoms with E-state index in [1.807, 2.05) is 102 Å². The number of carbonyl (C=O) groups excluding carboxylic acids is 6. The van der Waals surface area contributed by atoms with Crippen LogP contribution in [-0.4, -0.2) is 112 Å². The van der Waals surface area contributed by atoms with Gasteiger partial charge in [-0.2, -0.15) is 4.98 Å². The summed E-state index contributed by atoms with van der Waals surface area (Å²) in [4.78, 5) is 94.4. The number of likely N-dealkylation sites (tertiary alicyclic amines) is 1. The molecule has 6 amide bonds. The van der Waals surface area contributed by atoms with Crippen LogP contribution in [0.2, 0.25) is 0 Å². The number of aromatic nitrogens is 2. The van der Waals surface area contributed by atoms with E-state index in [4.69, 9.17) is 4.52 Å². The quantitative estimate of drug-likeness (QED) is 0.0888. The SMILES string of the molecule is CN[C@@H](C)C(=O)NC(C(=O)N1Cc2cc([C@H]3C[C@@H](C(=O)N[C@@H](Cc4ccccc4)c4noc(C)n4)N(C(=O)[C@@H](NC(=O)[C@H](C)NC)C(C)(C)C)C3)ccc2CC1C(=O)NC1CCCc2ccccc21)C(C)(C)C. The zero-order chi connectivity index (χ0) is 52.9. The number of likely N-dealkylation sites (N-methyl/N-ethyl adjacent to an activating group) is 2. The Balaban J connectivity index is 1.24.